The summed E-state index contributed by atoms with van der Waals surface area (Å²) < 4.78 is 0. The van der Waals surface area contributed by atoms with Crippen molar-refractivity contribution in [2.75, 3.05) is 25.9 Å². The molecule has 0 spiro atoms. The third kappa shape index (κ3) is 9.26. The lowest BCUT2D eigenvalue weighted by atomic mass is 9.87. The van der Waals surface area contributed by atoms with Crippen LogP contribution in [0.25, 0.3) is 0 Å². The summed E-state index contributed by atoms with van der Waals surface area (Å²) in [6, 6.07) is 0.281. The van der Waals surface area contributed by atoms with Gasteiger partial charge in [0.15, 0.2) is 0 Å². The van der Waals surface area contributed by atoms with Gasteiger partial charge in [-0.3, -0.25) is 9.59 Å². The summed E-state index contributed by atoms with van der Waals surface area (Å²) >= 11 is 1.99. The van der Waals surface area contributed by atoms with Gasteiger partial charge in [-0.05, 0) is 56.9 Å². The molecule has 152 valence electrons. The number of hydrogen-bond acceptors (Lipinski definition) is 4. The minimum atomic E-state index is 0.0715. The first kappa shape index (κ1) is 23.3. The van der Waals surface area contributed by atoms with Crippen LogP contribution in [-0.2, 0) is 9.59 Å². The monoisotopic (exact) mass is 385 g/mol. The van der Waals surface area contributed by atoms with Crippen LogP contribution in [0.2, 0.25) is 0 Å². The van der Waals surface area contributed by atoms with Gasteiger partial charge < -0.3 is 16.0 Å². The summed E-state index contributed by atoms with van der Waals surface area (Å²) in [6.07, 6.45) is 7.05. The SMILES string of the molecule is CNCCCCCNC(=O)CCCCC1SCC(C(C)C)C1NC(C)=O. The van der Waals surface area contributed by atoms with Gasteiger partial charge in [0.1, 0.15) is 0 Å². The van der Waals surface area contributed by atoms with Gasteiger partial charge in [0.05, 0.1) is 0 Å². The average molecular weight is 386 g/mol. The molecule has 0 aromatic carbocycles. The highest BCUT2D eigenvalue weighted by atomic mass is 32.2. The predicted molar refractivity (Wildman–Crippen MR) is 111 cm³/mol. The van der Waals surface area contributed by atoms with Crippen LogP contribution in [0.4, 0.5) is 0 Å². The summed E-state index contributed by atoms with van der Waals surface area (Å²) in [5, 5.41) is 9.82. The summed E-state index contributed by atoms with van der Waals surface area (Å²) in [4.78, 5) is 23.4. The number of rotatable bonds is 13. The van der Waals surface area contributed by atoms with Crippen molar-refractivity contribution in [1.29, 1.82) is 0 Å². The van der Waals surface area contributed by atoms with Crippen LogP contribution in [0.5, 0.6) is 0 Å². The molecule has 0 bridgehead atoms. The fourth-order valence-corrected chi connectivity index (χ4v) is 5.45. The van der Waals surface area contributed by atoms with E-state index in [1.54, 1.807) is 6.92 Å². The van der Waals surface area contributed by atoms with Gasteiger partial charge >= 0.3 is 0 Å². The van der Waals surface area contributed by atoms with Crippen molar-refractivity contribution in [2.45, 2.75) is 77.0 Å². The first-order chi connectivity index (χ1) is 12.5. The van der Waals surface area contributed by atoms with E-state index in [9.17, 15) is 9.59 Å². The largest absolute Gasteiger partial charge is 0.356 e. The number of thioether (sulfide) groups is 1. The zero-order chi connectivity index (χ0) is 19.4. The quantitative estimate of drug-likeness (QED) is 0.426. The number of hydrogen-bond donors (Lipinski definition) is 3. The molecule has 1 aliphatic rings. The topological polar surface area (TPSA) is 70.2 Å². The Kier molecular flexibility index (Phi) is 12.0. The number of unbranched alkanes of at least 4 members (excludes halogenated alkanes) is 3. The Hall–Kier alpha value is -0.750. The molecular formula is C20H39N3O2S. The standard InChI is InChI=1S/C20H39N3O2S/c1-15(2)17-14-26-18(20(17)23-16(3)24)10-6-7-11-19(25)22-13-9-5-8-12-21-4/h15,17-18,20-21H,5-14H2,1-4H3,(H,22,25)(H,23,24). The first-order valence-electron chi connectivity index (χ1n) is 10.3. The molecule has 26 heavy (non-hydrogen) atoms. The highest BCUT2D eigenvalue weighted by molar-refractivity contribution is 8.00. The third-order valence-corrected chi connectivity index (χ3v) is 6.69. The molecule has 5 nitrogen and oxygen atoms in total. The van der Waals surface area contributed by atoms with Crippen LogP contribution >= 0.6 is 11.8 Å². The Morgan fingerprint density at radius 2 is 1.81 bits per heavy atom. The maximum absolute atomic E-state index is 11.9. The van der Waals surface area contributed by atoms with Crippen LogP contribution in [0.15, 0.2) is 0 Å². The van der Waals surface area contributed by atoms with E-state index < -0.39 is 0 Å². The molecule has 1 rings (SSSR count). The Balaban J connectivity index is 2.17. The maximum Gasteiger partial charge on any atom is 0.219 e. The van der Waals surface area contributed by atoms with Crippen LogP contribution in [0.3, 0.4) is 0 Å². The van der Waals surface area contributed by atoms with Crippen molar-refractivity contribution in [3.8, 4) is 0 Å². The van der Waals surface area contributed by atoms with Crippen molar-refractivity contribution in [1.82, 2.24) is 16.0 Å². The normalized spacial score (nSPS) is 22.6. The highest BCUT2D eigenvalue weighted by Crippen LogP contribution is 2.38. The van der Waals surface area contributed by atoms with E-state index in [0.717, 1.165) is 57.4 Å². The fraction of sp³-hybridized carbons (Fsp3) is 0.900. The Labute approximate surface area is 164 Å². The smallest absolute Gasteiger partial charge is 0.219 e. The molecule has 0 radical (unpaired) electrons. The third-order valence-electron chi connectivity index (χ3n) is 5.16. The van der Waals surface area contributed by atoms with Crippen molar-refractivity contribution in [2.24, 2.45) is 11.8 Å². The molecule has 0 aromatic heterocycles. The molecule has 1 saturated heterocycles. The highest BCUT2D eigenvalue weighted by Gasteiger charge is 2.38. The Bertz CT molecular complexity index is 418. The summed E-state index contributed by atoms with van der Waals surface area (Å²) in [5.74, 6) is 2.52. The maximum atomic E-state index is 11.9. The van der Waals surface area contributed by atoms with Gasteiger partial charge in [-0.2, -0.15) is 11.8 Å². The van der Waals surface area contributed by atoms with Crippen molar-refractivity contribution < 1.29 is 9.59 Å². The molecule has 3 unspecified atom stereocenters. The van der Waals surface area contributed by atoms with Crippen molar-refractivity contribution in [3.63, 3.8) is 0 Å². The van der Waals surface area contributed by atoms with E-state index in [2.05, 4.69) is 29.8 Å². The summed E-state index contributed by atoms with van der Waals surface area (Å²) in [6.45, 7) is 7.93. The summed E-state index contributed by atoms with van der Waals surface area (Å²) in [5.41, 5.74) is 0. The lowest BCUT2D eigenvalue weighted by molar-refractivity contribution is -0.121. The minimum Gasteiger partial charge on any atom is -0.356 e. The molecule has 3 atom stereocenters. The molecule has 0 aliphatic carbocycles. The lowest BCUT2D eigenvalue weighted by Gasteiger charge is -2.27. The van der Waals surface area contributed by atoms with Crippen LogP contribution in [0, 0.1) is 11.8 Å². The second-order valence-corrected chi connectivity index (χ2v) is 9.04. The van der Waals surface area contributed by atoms with E-state index in [1.807, 2.05) is 18.8 Å². The van der Waals surface area contributed by atoms with Crippen LogP contribution < -0.4 is 16.0 Å². The fourth-order valence-electron chi connectivity index (χ4n) is 3.57. The molecule has 3 N–H and O–H groups in total. The molecule has 1 aliphatic heterocycles. The van der Waals surface area contributed by atoms with Crippen LogP contribution in [-0.4, -0.2) is 49.0 Å². The number of carbonyl (C=O) groups is 2. The molecular weight excluding hydrogens is 346 g/mol. The first-order valence-corrected chi connectivity index (χ1v) is 11.3. The minimum absolute atomic E-state index is 0.0715. The number of nitrogens with one attached hydrogen (secondary N) is 3. The average Bonchev–Trinajstić information content (AvgIpc) is 2.97. The van der Waals surface area contributed by atoms with E-state index in [-0.39, 0.29) is 17.9 Å². The molecule has 1 fully saturated rings. The van der Waals surface area contributed by atoms with Gasteiger partial charge in [-0.15, -0.1) is 0 Å². The zero-order valence-corrected chi connectivity index (χ0v) is 17.9. The van der Waals surface area contributed by atoms with Gasteiger partial charge in [-0.1, -0.05) is 26.7 Å². The van der Waals surface area contributed by atoms with Crippen molar-refractivity contribution >= 4 is 23.6 Å². The van der Waals surface area contributed by atoms with Gasteiger partial charge in [0.2, 0.25) is 11.8 Å². The molecule has 0 saturated carbocycles. The second-order valence-electron chi connectivity index (χ2n) is 7.77. The molecule has 0 aromatic rings. The number of carbonyl (C=O) groups excluding carboxylic acids is 2. The lowest BCUT2D eigenvalue weighted by Crippen LogP contribution is -2.44. The summed E-state index contributed by atoms with van der Waals surface area (Å²) in [7, 11) is 1.97. The van der Waals surface area contributed by atoms with E-state index in [1.165, 1.54) is 0 Å². The van der Waals surface area contributed by atoms with Gasteiger partial charge in [-0.25, -0.2) is 0 Å². The van der Waals surface area contributed by atoms with Gasteiger partial charge in [0.25, 0.3) is 0 Å². The second kappa shape index (κ2) is 13.4. The predicted octanol–water partition coefficient (Wildman–Crippen LogP) is 2.94. The number of amides is 2. The van der Waals surface area contributed by atoms with Crippen LogP contribution in [0.1, 0.15) is 65.7 Å². The Morgan fingerprint density at radius 3 is 2.46 bits per heavy atom. The molecule has 6 heteroatoms. The van der Waals surface area contributed by atoms with E-state index >= 15 is 0 Å². The van der Waals surface area contributed by atoms with E-state index in [4.69, 9.17) is 0 Å². The van der Waals surface area contributed by atoms with E-state index in [0.29, 0.717) is 23.5 Å². The Morgan fingerprint density at radius 1 is 1.08 bits per heavy atom. The zero-order valence-electron chi connectivity index (χ0n) is 17.1. The molecule has 2 amide bonds. The van der Waals surface area contributed by atoms with Gasteiger partial charge in [0, 0.05) is 31.2 Å². The van der Waals surface area contributed by atoms with Crippen molar-refractivity contribution in [3.05, 3.63) is 0 Å². The molecule has 1 heterocycles.